The average Bonchev–Trinajstić information content (AvgIpc) is 2.73. The predicted molar refractivity (Wildman–Crippen MR) is 119 cm³/mol. The third-order valence-corrected chi connectivity index (χ3v) is 4.70. The lowest BCUT2D eigenvalue weighted by Gasteiger charge is -2.15. The molecular formula is C21H27ClN6O3. The van der Waals surface area contributed by atoms with Crippen LogP contribution in [0.3, 0.4) is 0 Å². The SMILES string of the molecule is CCCCCc1nc(-c2ccc(Cl)cc2)cc(=N)n1CC(N)=NCC(=O)NCC(=O)O. The Balaban J connectivity index is 2.24. The van der Waals surface area contributed by atoms with E-state index in [0.29, 0.717) is 23.0 Å². The molecule has 2 aromatic rings. The zero-order valence-electron chi connectivity index (χ0n) is 17.4. The van der Waals surface area contributed by atoms with E-state index in [9.17, 15) is 9.59 Å². The molecule has 2 rings (SSSR count). The van der Waals surface area contributed by atoms with Crippen molar-refractivity contribution in [3.63, 3.8) is 0 Å². The Bertz CT molecular complexity index is 1000. The van der Waals surface area contributed by atoms with Gasteiger partial charge in [0.25, 0.3) is 0 Å². The lowest BCUT2D eigenvalue weighted by Crippen LogP contribution is -2.34. The number of benzene rings is 1. The molecule has 5 N–H and O–H groups in total. The number of hydrogen-bond donors (Lipinski definition) is 4. The Kier molecular flexibility index (Phi) is 9.20. The molecule has 0 radical (unpaired) electrons. The number of nitrogens with one attached hydrogen (secondary N) is 2. The first kappa shape index (κ1) is 24.1. The third-order valence-electron chi connectivity index (χ3n) is 4.45. The third kappa shape index (κ3) is 7.86. The van der Waals surface area contributed by atoms with Crippen molar-refractivity contribution in [1.29, 1.82) is 5.41 Å². The first-order valence-corrected chi connectivity index (χ1v) is 10.4. The summed E-state index contributed by atoms with van der Waals surface area (Å²) in [4.78, 5) is 30.9. The molecule has 0 aliphatic rings. The van der Waals surface area contributed by atoms with Crippen molar-refractivity contribution >= 4 is 29.3 Å². The van der Waals surface area contributed by atoms with Gasteiger partial charge in [-0.2, -0.15) is 0 Å². The summed E-state index contributed by atoms with van der Waals surface area (Å²) in [6.45, 7) is 1.47. The molecule has 0 saturated carbocycles. The Morgan fingerprint density at radius 3 is 2.65 bits per heavy atom. The number of nitrogens with zero attached hydrogens (tertiary/aromatic N) is 3. The quantitative estimate of drug-likeness (QED) is 0.237. The predicted octanol–water partition coefficient (Wildman–Crippen LogP) is 1.97. The summed E-state index contributed by atoms with van der Waals surface area (Å²) in [5.41, 5.74) is 7.73. The van der Waals surface area contributed by atoms with Gasteiger partial charge < -0.3 is 20.7 Å². The molecule has 1 amide bonds. The van der Waals surface area contributed by atoms with E-state index in [4.69, 9.17) is 32.8 Å². The topological polar surface area (TPSA) is 146 Å². The lowest BCUT2D eigenvalue weighted by atomic mass is 10.1. The zero-order valence-corrected chi connectivity index (χ0v) is 18.2. The molecule has 0 saturated heterocycles. The summed E-state index contributed by atoms with van der Waals surface area (Å²) in [7, 11) is 0. The van der Waals surface area contributed by atoms with Gasteiger partial charge in [-0.15, -0.1) is 0 Å². The summed E-state index contributed by atoms with van der Waals surface area (Å²) in [6.07, 6.45) is 3.68. The molecule has 10 heteroatoms. The van der Waals surface area contributed by atoms with Crippen LogP contribution in [-0.4, -0.2) is 45.5 Å². The number of carboxylic acid groups (broad SMARTS) is 1. The van der Waals surface area contributed by atoms with Gasteiger partial charge in [0.2, 0.25) is 5.91 Å². The maximum atomic E-state index is 11.6. The Labute approximate surface area is 185 Å². The van der Waals surface area contributed by atoms with Crippen molar-refractivity contribution in [3.05, 3.63) is 46.7 Å². The molecule has 1 heterocycles. The van der Waals surface area contributed by atoms with E-state index in [1.807, 2.05) is 12.1 Å². The van der Waals surface area contributed by atoms with Gasteiger partial charge in [0.1, 0.15) is 30.2 Å². The summed E-state index contributed by atoms with van der Waals surface area (Å²) >= 11 is 5.97. The fourth-order valence-corrected chi connectivity index (χ4v) is 2.99. The Morgan fingerprint density at radius 1 is 1.29 bits per heavy atom. The molecule has 31 heavy (non-hydrogen) atoms. The van der Waals surface area contributed by atoms with Gasteiger partial charge in [-0.1, -0.05) is 43.5 Å². The lowest BCUT2D eigenvalue weighted by molar-refractivity contribution is -0.137. The van der Waals surface area contributed by atoms with Crippen LogP contribution < -0.4 is 16.5 Å². The number of aliphatic carboxylic acids is 1. The number of aryl methyl sites for hydroxylation is 1. The molecule has 9 nitrogen and oxygen atoms in total. The highest BCUT2D eigenvalue weighted by Crippen LogP contribution is 2.19. The molecule has 0 spiro atoms. The van der Waals surface area contributed by atoms with Crippen LogP contribution in [0.2, 0.25) is 5.02 Å². The average molecular weight is 447 g/mol. The van der Waals surface area contributed by atoms with Crippen LogP contribution in [0.5, 0.6) is 0 Å². The summed E-state index contributed by atoms with van der Waals surface area (Å²) in [5, 5.41) is 19.9. The molecule has 0 atom stereocenters. The first-order valence-electron chi connectivity index (χ1n) is 9.98. The minimum Gasteiger partial charge on any atom is -0.480 e. The molecule has 0 bridgehead atoms. The van der Waals surface area contributed by atoms with E-state index in [1.165, 1.54) is 0 Å². The number of unbranched alkanes of at least 4 members (excludes halogenated alkanes) is 2. The van der Waals surface area contributed by atoms with E-state index < -0.39 is 18.4 Å². The highest BCUT2D eigenvalue weighted by Gasteiger charge is 2.11. The standard InChI is InChI=1S/C21H27ClN6O3/c1-2-3-4-5-19-27-16(14-6-8-15(22)9-7-14)10-18(24)28(19)13-17(23)25-11-20(29)26-12-21(30)31/h6-10,24H,2-5,11-13H2,1H3,(H2,23,25)(H,26,29)(H,30,31). The number of carbonyl (C=O) groups excluding carboxylic acids is 1. The van der Waals surface area contributed by atoms with E-state index in [1.54, 1.807) is 22.8 Å². The number of amidine groups is 1. The minimum absolute atomic E-state index is 0.112. The molecule has 1 aromatic carbocycles. The highest BCUT2D eigenvalue weighted by atomic mass is 35.5. The maximum absolute atomic E-state index is 11.6. The summed E-state index contributed by atoms with van der Waals surface area (Å²) in [5.74, 6) is -0.815. The minimum atomic E-state index is -1.14. The summed E-state index contributed by atoms with van der Waals surface area (Å²) < 4.78 is 1.67. The van der Waals surface area contributed by atoms with Gasteiger partial charge in [-0.25, -0.2) is 4.98 Å². The van der Waals surface area contributed by atoms with Crippen molar-refractivity contribution in [2.24, 2.45) is 10.7 Å². The normalized spacial score (nSPS) is 11.4. The maximum Gasteiger partial charge on any atom is 0.322 e. The second-order valence-corrected chi connectivity index (χ2v) is 7.41. The molecule has 1 aromatic heterocycles. The Morgan fingerprint density at radius 2 is 2.00 bits per heavy atom. The number of amides is 1. The van der Waals surface area contributed by atoms with Gasteiger partial charge in [-0.05, 0) is 18.6 Å². The molecule has 0 unspecified atom stereocenters. The number of nitrogens with two attached hydrogens (primary N) is 1. The fourth-order valence-electron chi connectivity index (χ4n) is 2.86. The molecule has 0 fully saturated rings. The summed E-state index contributed by atoms with van der Waals surface area (Å²) in [6, 6.07) is 8.92. The first-order chi connectivity index (χ1) is 14.8. The van der Waals surface area contributed by atoms with Crippen LogP contribution in [0.15, 0.2) is 35.3 Å². The van der Waals surface area contributed by atoms with Crippen molar-refractivity contribution in [2.75, 3.05) is 13.1 Å². The van der Waals surface area contributed by atoms with Crippen LogP contribution in [0, 0.1) is 5.41 Å². The molecule has 0 aliphatic carbocycles. The number of aromatic nitrogens is 2. The Hall–Kier alpha value is -3.20. The van der Waals surface area contributed by atoms with Gasteiger partial charge in [0.15, 0.2) is 0 Å². The fraction of sp³-hybridized carbons (Fsp3) is 0.381. The van der Waals surface area contributed by atoms with Crippen LogP contribution in [0.4, 0.5) is 0 Å². The van der Waals surface area contributed by atoms with Gasteiger partial charge in [0, 0.05) is 23.1 Å². The monoisotopic (exact) mass is 446 g/mol. The van der Waals surface area contributed by atoms with E-state index in [0.717, 1.165) is 24.8 Å². The number of rotatable bonds is 11. The van der Waals surface area contributed by atoms with Crippen LogP contribution in [0.1, 0.15) is 32.0 Å². The zero-order chi connectivity index (χ0) is 22.8. The second kappa shape index (κ2) is 11.8. The molecule has 166 valence electrons. The number of aliphatic imine (C=N–C) groups is 1. The van der Waals surface area contributed by atoms with Crippen molar-refractivity contribution < 1.29 is 14.7 Å². The number of carboxylic acids is 1. The van der Waals surface area contributed by atoms with E-state index in [2.05, 4.69) is 17.2 Å². The number of carbonyl (C=O) groups is 2. The molecule has 0 aliphatic heterocycles. The van der Waals surface area contributed by atoms with Gasteiger partial charge >= 0.3 is 5.97 Å². The van der Waals surface area contributed by atoms with Crippen molar-refractivity contribution in [3.8, 4) is 11.3 Å². The number of hydrogen-bond acceptors (Lipinski definition) is 5. The highest BCUT2D eigenvalue weighted by molar-refractivity contribution is 6.30. The van der Waals surface area contributed by atoms with Crippen LogP contribution in [-0.2, 0) is 22.6 Å². The van der Waals surface area contributed by atoms with Gasteiger partial charge in [0.05, 0.1) is 12.2 Å². The molecular weight excluding hydrogens is 420 g/mol. The van der Waals surface area contributed by atoms with Crippen LogP contribution in [0.25, 0.3) is 11.3 Å². The van der Waals surface area contributed by atoms with Crippen molar-refractivity contribution in [2.45, 2.75) is 39.2 Å². The van der Waals surface area contributed by atoms with Gasteiger partial charge in [-0.3, -0.25) is 20.0 Å². The smallest absolute Gasteiger partial charge is 0.322 e. The van der Waals surface area contributed by atoms with Crippen LogP contribution >= 0.6 is 11.6 Å². The number of halogens is 1. The largest absolute Gasteiger partial charge is 0.480 e. The van der Waals surface area contributed by atoms with E-state index >= 15 is 0 Å². The second-order valence-electron chi connectivity index (χ2n) is 6.97. The van der Waals surface area contributed by atoms with Crippen molar-refractivity contribution in [1.82, 2.24) is 14.9 Å². The van der Waals surface area contributed by atoms with E-state index in [-0.39, 0.29) is 24.4 Å².